The quantitative estimate of drug-likeness (QED) is 0.349. The predicted molar refractivity (Wildman–Crippen MR) is 141 cm³/mol. The van der Waals surface area contributed by atoms with Crippen LogP contribution < -0.4 is 21.2 Å². The van der Waals surface area contributed by atoms with Gasteiger partial charge < -0.3 is 10.2 Å². The molecule has 0 aromatic heterocycles. The molecule has 2 atom stereocenters. The normalized spacial score (nSPS) is 12.9. The maximum absolute atomic E-state index is 13.0. The van der Waals surface area contributed by atoms with E-state index in [0.717, 1.165) is 21.2 Å². The standard InChI is InChI=1S/C28H24O4P2/c29-27(30)25(33(21-13-5-1-6-14-21)22-15-7-2-8-16-22)26(28(31)32)34(23-17-9-3-10-18-23)24-19-11-4-12-20-24/h1-20,25-26H,(H,29,30)(H,31,32). The summed E-state index contributed by atoms with van der Waals surface area (Å²) in [5.74, 6) is -2.18. The van der Waals surface area contributed by atoms with Crippen LogP contribution in [0, 0.1) is 0 Å². The lowest BCUT2D eigenvalue weighted by molar-refractivity contribution is -0.142. The third-order valence-electron chi connectivity index (χ3n) is 5.50. The van der Waals surface area contributed by atoms with Gasteiger partial charge in [0.1, 0.15) is 11.3 Å². The van der Waals surface area contributed by atoms with Gasteiger partial charge in [0.25, 0.3) is 0 Å². The fourth-order valence-corrected chi connectivity index (χ4v) is 9.98. The van der Waals surface area contributed by atoms with Crippen LogP contribution in [0.1, 0.15) is 0 Å². The Hall–Kier alpha value is -3.32. The molecule has 0 aliphatic heterocycles. The van der Waals surface area contributed by atoms with Gasteiger partial charge in [-0.05, 0) is 37.1 Å². The Balaban J connectivity index is 1.95. The third kappa shape index (κ3) is 5.25. The molecule has 0 radical (unpaired) electrons. The Morgan fingerprint density at radius 3 is 0.824 bits per heavy atom. The monoisotopic (exact) mass is 486 g/mol. The van der Waals surface area contributed by atoms with Gasteiger partial charge >= 0.3 is 11.9 Å². The topological polar surface area (TPSA) is 74.6 Å². The van der Waals surface area contributed by atoms with Crippen LogP contribution in [0.4, 0.5) is 0 Å². The molecule has 4 rings (SSSR count). The summed E-state index contributed by atoms with van der Waals surface area (Å²) in [4.78, 5) is 25.9. The molecule has 0 saturated heterocycles. The molecule has 0 aliphatic rings. The molecule has 4 nitrogen and oxygen atoms in total. The summed E-state index contributed by atoms with van der Waals surface area (Å²) in [5.41, 5.74) is -2.24. The zero-order valence-electron chi connectivity index (χ0n) is 18.3. The summed E-state index contributed by atoms with van der Waals surface area (Å²) in [6.07, 6.45) is 0. The smallest absolute Gasteiger partial charge is 0.312 e. The number of carboxylic acids is 2. The molecule has 4 aromatic rings. The highest BCUT2D eigenvalue weighted by Gasteiger charge is 2.46. The lowest BCUT2D eigenvalue weighted by Gasteiger charge is -2.35. The Kier molecular flexibility index (Phi) is 7.85. The van der Waals surface area contributed by atoms with E-state index >= 15 is 0 Å². The minimum absolute atomic E-state index is 0.846. The van der Waals surface area contributed by atoms with Gasteiger partial charge in [0.2, 0.25) is 0 Å². The van der Waals surface area contributed by atoms with Crippen molar-refractivity contribution in [1.82, 2.24) is 0 Å². The lowest BCUT2D eigenvalue weighted by Crippen LogP contribution is -2.44. The first kappa shape index (κ1) is 23.8. The molecule has 0 amide bonds. The molecule has 0 saturated carbocycles. The van der Waals surface area contributed by atoms with Crippen molar-refractivity contribution in [3.63, 3.8) is 0 Å². The number of hydrogen-bond acceptors (Lipinski definition) is 2. The highest BCUT2D eigenvalue weighted by molar-refractivity contribution is 7.78. The molecule has 0 spiro atoms. The zero-order valence-corrected chi connectivity index (χ0v) is 20.1. The minimum atomic E-state index is -1.50. The van der Waals surface area contributed by atoms with Crippen molar-refractivity contribution in [3.05, 3.63) is 121 Å². The molecule has 0 fully saturated rings. The second-order valence-electron chi connectivity index (χ2n) is 7.65. The molecule has 4 aromatic carbocycles. The molecule has 170 valence electrons. The van der Waals surface area contributed by atoms with E-state index in [-0.39, 0.29) is 0 Å². The number of rotatable bonds is 9. The summed E-state index contributed by atoms with van der Waals surface area (Å²) < 4.78 is 0. The van der Waals surface area contributed by atoms with E-state index in [1.54, 1.807) is 0 Å². The van der Waals surface area contributed by atoms with E-state index in [1.807, 2.05) is 121 Å². The van der Waals surface area contributed by atoms with E-state index in [9.17, 15) is 19.8 Å². The highest BCUT2D eigenvalue weighted by Crippen LogP contribution is 2.51. The maximum atomic E-state index is 13.0. The maximum Gasteiger partial charge on any atom is 0.312 e. The summed E-state index contributed by atoms with van der Waals surface area (Å²) >= 11 is 0. The summed E-state index contributed by atoms with van der Waals surface area (Å²) in [6.45, 7) is 0. The molecule has 2 unspecified atom stereocenters. The molecule has 0 aliphatic carbocycles. The van der Waals surface area contributed by atoms with Crippen molar-refractivity contribution in [2.24, 2.45) is 0 Å². The van der Waals surface area contributed by atoms with E-state index in [1.165, 1.54) is 0 Å². The Bertz CT molecular complexity index is 1040. The molecular formula is C28H24O4P2. The van der Waals surface area contributed by atoms with Gasteiger partial charge in [0, 0.05) is 0 Å². The van der Waals surface area contributed by atoms with Gasteiger partial charge in [0.15, 0.2) is 0 Å². The first-order valence-electron chi connectivity index (χ1n) is 10.8. The molecule has 2 N–H and O–H groups in total. The Labute approximate surface area is 201 Å². The van der Waals surface area contributed by atoms with Crippen molar-refractivity contribution in [3.8, 4) is 0 Å². The van der Waals surface area contributed by atoms with Gasteiger partial charge in [-0.15, -0.1) is 0 Å². The number of carboxylic acid groups (broad SMARTS) is 2. The van der Waals surface area contributed by atoms with Crippen LogP contribution in [0.2, 0.25) is 0 Å². The van der Waals surface area contributed by atoms with Crippen molar-refractivity contribution in [1.29, 1.82) is 0 Å². The van der Waals surface area contributed by atoms with E-state index in [2.05, 4.69) is 0 Å². The van der Waals surface area contributed by atoms with Crippen molar-refractivity contribution in [2.45, 2.75) is 11.3 Å². The number of carbonyl (C=O) groups is 2. The van der Waals surface area contributed by atoms with E-state index < -0.39 is 39.1 Å². The molecule has 0 bridgehead atoms. The summed E-state index contributed by atoms with van der Waals surface area (Å²) in [6, 6.07) is 37.8. The number of hydrogen-bond donors (Lipinski definition) is 2. The summed E-state index contributed by atoms with van der Waals surface area (Å²) in [5, 5.41) is 24.6. The second kappa shape index (κ2) is 11.2. The van der Waals surface area contributed by atoms with Gasteiger partial charge in [-0.25, -0.2) is 0 Å². The summed E-state index contributed by atoms with van der Waals surface area (Å²) in [7, 11) is -3.01. The average molecular weight is 486 g/mol. The van der Waals surface area contributed by atoms with Crippen molar-refractivity contribution < 1.29 is 19.8 Å². The van der Waals surface area contributed by atoms with Crippen LogP contribution in [0.25, 0.3) is 0 Å². The van der Waals surface area contributed by atoms with E-state index in [0.29, 0.717) is 0 Å². The first-order chi connectivity index (χ1) is 16.6. The lowest BCUT2D eigenvalue weighted by atomic mass is 10.3. The fourth-order valence-electron chi connectivity index (χ4n) is 4.07. The van der Waals surface area contributed by atoms with Crippen LogP contribution in [-0.2, 0) is 9.59 Å². The van der Waals surface area contributed by atoms with Crippen molar-refractivity contribution >= 4 is 49.0 Å². The SMILES string of the molecule is O=C(O)C(C(C(=O)O)P(c1ccccc1)c1ccccc1)P(c1ccccc1)c1ccccc1. The molecular weight excluding hydrogens is 462 g/mol. The molecule has 0 heterocycles. The van der Waals surface area contributed by atoms with Gasteiger partial charge in [-0.2, -0.15) is 0 Å². The minimum Gasteiger partial charge on any atom is -0.481 e. The van der Waals surface area contributed by atoms with Crippen LogP contribution in [-0.4, -0.2) is 33.5 Å². The fraction of sp³-hybridized carbons (Fsp3) is 0.0714. The first-order valence-corrected chi connectivity index (χ1v) is 13.6. The van der Waals surface area contributed by atoms with Crippen LogP contribution in [0.3, 0.4) is 0 Å². The second-order valence-corrected chi connectivity index (χ2v) is 12.3. The van der Waals surface area contributed by atoms with Gasteiger partial charge in [0.05, 0.1) is 0 Å². The number of aliphatic carboxylic acids is 2. The third-order valence-corrected chi connectivity index (χ3v) is 11.3. The highest BCUT2D eigenvalue weighted by atomic mass is 31.1. The molecule has 34 heavy (non-hydrogen) atoms. The van der Waals surface area contributed by atoms with E-state index in [4.69, 9.17) is 0 Å². The van der Waals surface area contributed by atoms with Gasteiger partial charge in [-0.1, -0.05) is 121 Å². The van der Waals surface area contributed by atoms with Crippen LogP contribution in [0.15, 0.2) is 121 Å². The average Bonchev–Trinajstić information content (AvgIpc) is 2.88. The largest absolute Gasteiger partial charge is 0.481 e. The Morgan fingerprint density at radius 2 is 0.647 bits per heavy atom. The zero-order chi connectivity index (χ0) is 23.9. The van der Waals surface area contributed by atoms with Crippen molar-refractivity contribution in [2.75, 3.05) is 0 Å². The predicted octanol–water partition coefficient (Wildman–Crippen LogP) is 4.16. The van der Waals surface area contributed by atoms with Gasteiger partial charge in [-0.3, -0.25) is 9.59 Å². The number of benzene rings is 4. The Morgan fingerprint density at radius 1 is 0.441 bits per heavy atom. The van der Waals surface area contributed by atoms with Crippen LogP contribution in [0.5, 0.6) is 0 Å². The van der Waals surface area contributed by atoms with Crippen LogP contribution >= 0.6 is 15.8 Å². The molecule has 6 heteroatoms.